The van der Waals surface area contributed by atoms with Crippen molar-refractivity contribution in [2.45, 2.75) is 43.6 Å². The minimum absolute atomic E-state index is 0.277. The van der Waals surface area contributed by atoms with Crippen molar-refractivity contribution in [2.75, 3.05) is 26.2 Å². The fourth-order valence-corrected chi connectivity index (χ4v) is 3.94. The summed E-state index contributed by atoms with van der Waals surface area (Å²) in [5, 5.41) is 1.16. The van der Waals surface area contributed by atoms with Gasteiger partial charge in [0.15, 0.2) is 0 Å². The normalized spacial score (nSPS) is 31.6. The van der Waals surface area contributed by atoms with Crippen LogP contribution in [0.1, 0.15) is 33.1 Å². The van der Waals surface area contributed by atoms with Crippen molar-refractivity contribution in [3.63, 3.8) is 0 Å². The van der Waals surface area contributed by atoms with E-state index in [-0.39, 0.29) is 6.03 Å². The van der Waals surface area contributed by atoms with Crippen molar-refractivity contribution in [1.82, 2.24) is 9.80 Å². The van der Waals surface area contributed by atoms with Crippen LogP contribution in [-0.4, -0.2) is 52.5 Å². The first-order chi connectivity index (χ1) is 7.66. The molecule has 3 nitrogen and oxygen atoms in total. The van der Waals surface area contributed by atoms with Gasteiger partial charge in [-0.2, -0.15) is 11.8 Å². The first kappa shape index (κ1) is 12.1. The maximum Gasteiger partial charge on any atom is 0.320 e. The molecule has 2 aliphatic heterocycles. The number of hydrogen-bond donors (Lipinski definition) is 0. The first-order valence-corrected chi connectivity index (χ1v) is 7.30. The molecular formula is C12H22N2OS. The van der Waals surface area contributed by atoms with Crippen molar-refractivity contribution in [3.05, 3.63) is 0 Å². The topological polar surface area (TPSA) is 23.6 Å². The number of rotatable bonds is 0. The highest BCUT2D eigenvalue weighted by atomic mass is 32.2. The summed E-state index contributed by atoms with van der Waals surface area (Å²) in [7, 11) is 0. The van der Waals surface area contributed by atoms with Crippen LogP contribution in [0.25, 0.3) is 0 Å². The van der Waals surface area contributed by atoms with Gasteiger partial charge in [0.2, 0.25) is 0 Å². The fraction of sp³-hybridized carbons (Fsp3) is 0.917. The number of amides is 2. The van der Waals surface area contributed by atoms with Gasteiger partial charge in [0.25, 0.3) is 0 Å². The molecule has 0 bridgehead atoms. The van der Waals surface area contributed by atoms with Gasteiger partial charge >= 0.3 is 6.03 Å². The predicted molar refractivity (Wildman–Crippen MR) is 68.9 cm³/mol. The predicted octanol–water partition coefficient (Wildman–Crippen LogP) is 2.42. The third kappa shape index (κ3) is 2.84. The van der Waals surface area contributed by atoms with Crippen molar-refractivity contribution in [1.29, 1.82) is 0 Å². The summed E-state index contributed by atoms with van der Waals surface area (Å²) in [6, 6.07) is 0.277. The Kier molecular flexibility index (Phi) is 4.00. The van der Waals surface area contributed by atoms with E-state index in [0.29, 0.717) is 10.5 Å². The zero-order chi connectivity index (χ0) is 11.5. The van der Waals surface area contributed by atoms with Gasteiger partial charge in [0, 0.05) is 36.7 Å². The van der Waals surface area contributed by atoms with Gasteiger partial charge in [0.1, 0.15) is 0 Å². The molecule has 0 saturated carbocycles. The average Bonchev–Trinajstić information content (AvgIpc) is 2.28. The Labute approximate surface area is 103 Å². The molecule has 0 aromatic carbocycles. The quantitative estimate of drug-likeness (QED) is 0.651. The molecule has 0 aliphatic carbocycles. The van der Waals surface area contributed by atoms with Crippen LogP contribution in [0.2, 0.25) is 0 Å². The fourth-order valence-electron chi connectivity index (χ4n) is 2.62. The Bertz CT molecular complexity index is 243. The second-order valence-electron chi connectivity index (χ2n) is 4.99. The summed E-state index contributed by atoms with van der Waals surface area (Å²) in [5.41, 5.74) is 0. The lowest BCUT2D eigenvalue weighted by molar-refractivity contribution is 0.143. The van der Waals surface area contributed by atoms with Crippen LogP contribution in [0.5, 0.6) is 0 Å². The molecule has 2 amide bonds. The van der Waals surface area contributed by atoms with Gasteiger partial charge in [-0.05, 0) is 19.3 Å². The van der Waals surface area contributed by atoms with Crippen LogP contribution in [0, 0.1) is 0 Å². The van der Waals surface area contributed by atoms with E-state index in [9.17, 15) is 4.79 Å². The smallest absolute Gasteiger partial charge is 0.320 e. The minimum Gasteiger partial charge on any atom is -0.325 e. The van der Waals surface area contributed by atoms with E-state index >= 15 is 0 Å². The SMILES string of the molecule is CC1CN(C(=O)N2CCCCC2)CC(C)S1. The van der Waals surface area contributed by atoms with Gasteiger partial charge in [-0.1, -0.05) is 13.8 Å². The standard InChI is InChI=1S/C12H22N2OS/c1-10-8-14(9-11(2)16-10)12(15)13-6-4-3-5-7-13/h10-11H,3-9H2,1-2H3. The molecule has 4 heteroatoms. The number of likely N-dealkylation sites (tertiary alicyclic amines) is 1. The lowest BCUT2D eigenvalue weighted by Crippen LogP contribution is -2.51. The van der Waals surface area contributed by atoms with Crippen molar-refractivity contribution < 1.29 is 4.79 Å². The molecule has 2 unspecified atom stereocenters. The van der Waals surface area contributed by atoms with Crippen LogP contribution in [0.3, 0.4) is 0 Å². The molecule has 0 spiro atoms. The molecule has 0 radical (unpaired) electrons. The van der Waals surface area contributed by atoms with E-state index in [1.165, 1.54) is 19.3 Å². The van der Waals surface area contributed by atoms with E-state index in [2.05, 4.69) is 18.7 Å². The molecule has 0 aromatic rings. The number of piperidine rings is 1. The van der Waals surface area contributed by atoms with Gasteiger partial charge in [0.05, 0.1) is 0 Å². The first-order valence-electron chi connectivity index (χ1n) is 6.36. The zero-order valence-electron chi connectivity index (χ0n) is 10.3. The molecule has 2 rings (SSSR count). The number of carbonyl (C=O) groups is 1. The summed E-state index contributed by atoms with van der Waals surface area (Å²) in [6.45, 7) is 8.21. The van der Waals surface area contributed by atoms with Crippen LogP contribution >= 0.6 is 11.8 Å². The van der Waals surface area contributed by atoms with Gasteiger partial charge in [-0.15, -0.1) is 0 Å². The summed E-state index contributed by atoms with van der Waals surface area (Å²) < 4.78 is 0. The highest BCUT2D eigenvalue weighted by Crippen LogP contribution is 2.25. The van der Waals surface area contributed by atoms with Crippen LogP contribution in [0.4, 0.5) is 4.79 Å². The molecule has 0 N–H and O–H groups in total. The minimum atomic E-state index is 0.277. The molecular weight excluding hydrogens is 220 g/mol. The number of nitrogens with zero attached hydrogens (tertiary/aromatic N) is 2. The van der Waals surface area contributed by atoms with Gasteiger partial charge in [-0.3, -0.25) is 0 Å². The summed E-state index contributed by atoms with van der Waals surface area (Å²) in [5.74, 6) is 0. The van der Waals surface area contributed by atoms with Crippen LogP contribution in [-0.2, 0) is 0 Å². The van der Waals surface area contributed by atoms with E-state index in [0.717, 1.165) is 26.2 Å². The zero-order valence-corrected chi connectivity index (χ0v) is 11.1. The molecule has 2 heterocycles. The Balaban J connectivity index is 1.92. The Morgan fingerprint density at radius 3 is 2.12 bits per heavy atom. The van der Waals surface area contributed by atoms with E-state index in [1.54, 1.807) is 0 Å². The second-order valence-corrected chi connectivity index (χ2v) is 6.87. The van der Waals surface area contributed by atoms with E-state index in [4.69, 9.17) is 0 Å². The highest BCUT2D eigenvalue weighted by Gasteiger charge is 2.29. The highest BCUT2D eigenvalue weighted by molar-refractivity contribution is 8.00. The summed E-state index contributed by atoms with van der Waals surface area (Å²) in [6.07, 6.45) is 3.64. The lowest BCUT2D eigenvalue weighted by atomic mass is 10.1. The third-order valence-corrected chi connectivity index (χ3v) is 4.54. The van der Waals surface area contributed by atoms with Crippen molar-refractivity contribution in [2.24, 2.45) is 0 Å². The molecule has 2 saturated heterocycles. The number of carbonyl (C=O) groups excluding carboxylic acids is 1. The lowest BCUT2D eigenvalue weighted by Gasteiger charge is -2.38. The monoisotopic (exact) mass is 242 g/mol. The maximum atomic E-state index is 12.3. The number of thioether (sulfide) groups is 1. The van der Waals surface area contributed by atoms with Crippen LogP contribution < -0.4 is 0 Å². The third-order valence-electron chi connectivity index (χ3n) is 3.32. The molecule has 92 valence electrons. The molecule has 16 heavy (non-hydrogen) atoms. The second kappa shape index (κ2) is 5.30. The number of hydrogen-bond acceptors (Lipinski definition) is 2. The summed E-state index contributed by atoms with van der Waals surface area (Å²) in [4.78, 5) is 16.4. The molecule has 2 aliphatic rings. The molecule has 0 aromatic heterocycles. The Morgan fingerprint density at radius 2 is 1.56 bits per heavy atom. The van der Waals surface area contributed by atoms with Crippen LogP contribution in [0.15, 0.2) is 0 Å². The Morgan fingerprint density at radius 1 is 1.00 bits per heavy atom. The van der Waals surface area contributed by atoms with Crippen molar-refractivity contribution >= 4 is 17.8 Å². The average molecular weight is 242 g/mol. The van der Waals surface area contributed by atoms with E-state index < -0.39 is 0 Å². The Hall–Kier alpha value is -0.380. The van der Waals surface area contributed by atoms with Crippen molar-refractivity contribution in [3.8, 4) is 0 Å². The van der Waals surface area contributed by atoms with Gasteiger partial charge in [-0.25, -0.2) is 4.79 Å². The molecule has 2 fully saturated rings. The largest absolute Gasteiger partial charge is 0.325 e. The molecule has 2 atom stereocenters. The van der Waals surface area contributed by atoms with E-state index in [1.807, 2.05) is 16.7 Å². The van der Waals surface area contributed by atoms with Gasteiger partial charge < -0.3 is 9.80 Å². The summed E-state index contributed by atoms with van der Waals surface area (Å²) >= 11 is 2.00. The number of urea groups is 1. The maximum absolute atomic E-state index is 12.3.